The lowest BCUT2D eigenvalue weighted by molar-refractivity contribution is -0.153. The van der Waals surface area contributed by atoms with Crippen molar-refractivity contribution < 1.29 is 23.9 Å². The van der Waals surface area contributed by atoms with Crippen molar-refractivity contribution in [2.45, 2.75) is 24.4 Å². The van der Waals surface area contributed by atoms with Gasteiger partial charge in [-0.25, -0.2) is 4.79 Å². The quantitative estimate of drug-likeness (QED) is 0.204. The first-order chi connectivity index (χ1) is 17.0. The predicted octanol–water partition coefficient (Wildman–Crippen LogP) is 3.63. The maximum atomic E-state index is 13.1. The molecule has 9 heteroatoms. The molecule has 2 aliphatic rings. The number of hydrogen-bond donors (Lipinski definition) is 1. The van der Waals surface area contributed by atoms with Gasteiger partial charge < -0.3 is 14.8 Å². The fourth-order valence-corrected chi connectivity index (χ4v) is 5.46. The number of alkyl halides is 1. The average Bonchev–Trinajstić information content (AvgIpc) is 2.89. The van der Waals surface area contributed by atoms with Gasteiger partial charge in [0.05, 0.1) is 13.5 Å². The number of esters is 1. The van der Waals surface area contributed by atoms with Gasteiger partial charge in [-0.3, -0.25) is 14.5 Å². The molecule has 2 aliphatic heterocycles. The predicted molar refractivity (Wildman–Crippen MR) is 143 cm³/mol. The Bertz CT molecular complexity index is 1150. The van der Waals surface area contributed by atoms with E-state index in [4.69, 9.17) is 9.47 Å². The number of benzene rings is 2. The Hall–Kier alpha value is -2.79. The van der Waals surface area contributed by atoms with Gasteiger partial charge in [-0.15, -0.1) is 11.8 Å². The van der Waals surface area contributed by atoms with Crippen LogP contribution in [0.4, 0.5) is 0 Å². The van der Waals surface area contributed by atoms with Gasteiger partial charge in [0, 0.05) is 10.2 Å². The molecule has 0 radical (unpaired) electrons. The van der Waals surface area contributed by atoms with Gasteiger partial charge in [0.1, 0.15) is 29.5 Å². The smallest absolute Gasteiger partial charge is 0.355 e. The zero-order valence-electron chi connectivity index (χ0n) is 19.1. The van der Waals surface area contributed by atoms with Crippen LogP contribution in [0.15, 0.2) is 78.0 Å². The van der Waals surface area contributed by atoms with E-state index in [2.05, 4.69) is 27.9 Å². The number of rotatable bonds is 9. The highest BCUT2D eigenvalue weighted by Gasteiger charge is 2.54. The highest BCUT2D eigenvalue weighted by atomic mass is 127. The molecular formula is C26H25IN2O5S. The molecule has 7 nitrogen and oxygen atoms in total. The molecule has 0 bridgehead atoms. The number of thioether (sulfide) groups is 1. The van der Waals surface area contributed by atoms with Crippen molar-refractivity contribution in [1.29, 1.82) is 0 Å². The third-order valence-electron chi connectivity index (χ3n) is 5.65. The van der Waals surface area contributed by atoms with Crippen LogP contribution in [0, 0.1) is 0 Å². The van der Waals surface area contributed by atoms with Gasteiger partial charge in [0.15, 0.2) is 0 Å². The Morgan fingerprint density at radius 2 is 1.89 bits per heavy atom. The average molecular weight is 604 g/mol. The van der Waals surface area contributed by atoms with Crippen molar-refractivity contribution in [2.24, 2.45) is 0 Å². The second-order valence-electron chi connectivity index (χ2n) is 7.97. The van der Waals surface area contributed by atoms with Gasteiger partial charge in [0.2, 0.25) is 5.91 Å². The molecule has 1 fully saturated rings. The van der Waals surface area contributed by atoms with Crippen LogP contribution < -0.4 is 10.1 Å². The summed E-state index contributed by atoms with van der Waals surface area (Å²) in [6, 6.07) is 15.9. The molecular weight excluding hydrogens is 579 g/mol. The van der Waals surface area contributed by atoms with E-state index in [1.165, 1.54) is 16.7 Å². The van der Waals surface area contributed by atoms with E-state index in [-0.39, 0.29) is 35.9 Å². The van der Waals surface area contributed by atoms with Crippen LogP contribution in [-0.2, 0) is 32.1 Å². The van der Waals surface area contributed by atoms with E-state index >= 15 is 0 Å². The summed E-state index contributed by atoms with van der Waals surface area (Å²) in [6.45, 7) is 0.0761. The molecule has 2 atom stereocenters. The number of β-lactam (4-membered cyclic amide) rings is 1. The zero-order valence-corrected chi connectivity index (χ0v) is 22.1. The normalized spacial score (nSPS) is 19.3. The summed E-state index contributed by atoms with van der Waals surface area (Å²) in [5.41, 5.74) is 2.68. The Morgan fingerprint density at radius 1 is 1.14 bits per heavy atom. The number of carbonyl (C=O) groups excluding carboxylic acids is 3. The largest absolute Gasteiger partial charge is 0.497 e. The van der Waals surface area contributed by atoms with Crippen LogP contribution in [0.2, 0.25) is 0 Å². The topological polar surface area (TPSA) is 84.9 Å². The summed E-state index contributed by atoms with van der Waals surface area (Å²) in [5.74, 6) is 0.173. The van der Waals surface area contributed by atoms with E-state index in [0.29, 0.717) is 11.5 Å². The maximum Gasteiger partial charge on any atom is 0.355 e. The second kappa shape index (κ2) is 11.8. The summed E-state index contributed by atoms with van der Waals surface area (Å²) in [5, 5.41) is 2.50. The van der Waals surface area contributed by atoms with Crippen molar-refractivity contribution in [3.63, 3.8) is 0 Å². The summed E-state index contributed by atoms with van der Waals surface area (Å²) in [4.78, 5) is 40.2. The number of ether oxygens (including phenoxy) is 2. The Morgan fingerprint density at radius 3 is 2.57 bits per heavy atom. The molecule has 35 heavy (non-hydrogen) atoms. The van der Waals surface area contributed by atoms with Gasteiger partial charge in [-0.05, 0) is 28.8 Å². The molecule has 0 aromatic heterocycles. The number of amides is 2. The lowest BCUT2D eigenvalue weighted by atomic mass is 10.0. The van der Waals surface area contributed by atoms with Crippen LogP contribution in [-0.4, -0.2) is 51.4 Å². The monoisotopic (exact) mass is 604 g/mol. The maximum absolute atomic E-state index is 13.1. The third-order valence-corrected chi connectivity index (χ3v) is 7.46. The molecule has 0 unspecified atom stereocenters. The van der Waals surface area contributed by atoms with Crippen LogP contribution in [0.3, 0.4) is 0 Å². The van der Waals surface area contributed by atoms with E-state index in [1.54, 1.807) is 19.2 Å². The zero-order chi connectivity index (χ0) is 24.8. The summed E-state index contributed by atoms with van der Waals surface area (Å²) >= 11 is 3.75. The standard InChI is InChI=1S/C26H25IN2O5S/c1-33-20-11-9-18(10-12-20)15-34-26(32)23-19(8-5-13-27)16-35-25-22(24(31)29(23)25)28-21(30)14-17-6-3-2-4-7-17/h2-12,22,25H,13-16H2,1H3,(H,28,30)/t22-,25-/m1/s1. The number of halogens is 1. The van der Waals surface area contributed by atoms with Crippen LogP contribution in [0.5, 0.6) is 5.75 Å². The lowest BCUT2D eigenvalue weighted by Gasteiger charge is -2.49. The number of carbonyl (C=O) groups is 3. The van der Waals surface area contributed by atoms with Crippen molar-refractivity contribution >= 4 is 52.1 Å². The van der Waals surface area contributed by atoms with E-state index in [0.717, 1.165) is 21.1 Å². The highest BCUT2D eigenvalue weighted by molar-refractivity contribution is 14.1. The summed E-state index contributed by atoms with van der Waals surface area (Å²) < 4.78 is 11.5. The number of hydrogen-bond acceptors (Lipinski definition) is 6. The van der Waals surface area contributed by atoms with Crippen molar-refractivity contribution in [3.8, 4) is 5.75 Å². The van der Waals surface area contributed by atoms with Crippen LogP contribution in [0.1, 0.15) is 11.1 Å². The summed E-state index contributed by atoms with van der Waals surface area (Å²) in [7, 11) is 1.59. The van der Waals surface area contributed by atoms with Crippen molar-refractivity contribution in [2.75, 3.05) is 17.3 Å². The minimum Gasteiger partial charge on any atom is -0.497 e. The number of methoxy groups -OCH3 is 1. The van der Waals surface area contributed by atoms with Gasteiger partial charge in [-0.2, -0.15) is 0 Å². The number of nitrogens with zero attached hydrogens (tertiary/aromatic N) is 1. The first kappa shape index (κ1) is 25.3. The number of nitrogens with one attached hydrogen (secondary N) is 1. The molecule has 2 amide bonds. The van der Waals surface area contributed by atoms with E-state index in [9.17, 15) is 14.4 Å². The van der Waals surface area contributed by atoms with Crippen LogP contribution >= 0.6 is 34.4 Å². The fourth-order valence-electron chi connectivity index (χ4n) is 3.89. The lowest BCUT2D eigenvalue weighted by Crippen LogP contribution is -2.70. The Kier molecular flexibility index (Phi) is 8.50. The molecule has 2 aromatic carbocycles. The number of fused-ring (bicyclic) bond motifs is 1. The third kappa shape index (κ3) is 5.90. The minimum absolute atomic E-state index is 0.0761. The molecule has 1 saturated heterocycles. The SMILES string of the molecule is COc1ccc(COC(=O)C2=C(C=CCI)CS[C@@H]3[C@H](NC(=O)Cc4ccccc4)C(=O)N23)cc1. The van der Waals surface area contributed by atoms with Crippen molar-refractivity contribution in [1.82, 2.24) is 10.2 Å². The molecule has 4 rings (SSSR count). The first-order valence-electron chi connectivity index (χ1n) is 11.1. The van der Waals surface area contributed by atoms with E-state index < -0.39 is 12.0 Å². The molecule has 0 aliphatic carbocycles. The van der Waals surface area contributed by atoms with Crippen LogP contribution in [0.25, 0.3) is 0 Å². The molecule has 182 valence electrons. The minimum atomic E-state index is -0.671. The molecule has 0 saturated carbocycles. The van der Waals surface area contributed by atoms with Gasteiger partial charge in [0.25, 0.3) is 5.91 Å². The van der Waals surface area contributed by atoms with Crippen molar-refractivity contribution in [3.05, 3.63) is 89.1 Å². The molecule has 1 N–H and O–H groups in total. The Labute approximate surface area is 222 Å². The first-order valence-corrected chi connectivity index (χ1v) is 13.6. The number of allylic oxidation sites excluding steroid dienone is 2. The highest BCUT2D eigenvalue weighted by Crippen LogP contribution is 2.41. The molecule has 2 heterocycles. The Balaban J connectivity index is 1.46. The van der Waals surface area contributed by atoms with Gasteiger partial charge in [-0.1, -0.05) is 77.2 Å². The second-order valence-corrected chi connectivity index (χ2v) is 9.96. The van der Waals surface area contributed by atoms with Gasteiger partial charge >= 0.3 is 5.97 Å². The van der Waals surface area contributed by atoms with E-state index in [1.807, 2.05) is 54.6 Å². The summed E-state index contributed by atoms with van der Waals surface area (Å²) in [6.07, 6.45) is 4.00. The fraction of sp³-hybridized carbons (Fsp3) is 0.269. The molecule has 0 spiro atoms. The molecule has 2 aromatic rings.